The third-order valence-electron chi connectivity index (χ3n) is 6.21. The van der Waals surface area contributed by atoms with Crippen LogP contribution in [0.4, 0.5) is 0 Å². The van der Waals surface area contributed by atoms with E-state index in [2.05, 4.69) is 40.7 Å². The molecule has 0 aliphatic carbocycles. The van der Waals surface area contributed by atoms with Crippen LogP contribution in [0.3, 0.4) is 0 Å². The molecule has 1 aliphatic rings. The maximum Gasteiger partial charge on any atom is 0.226 e. The van der Waals surface area contributed by atoms with Crippen LogP contribution in [-0.2, 0) is 22.5 Å². The van der Waals surface area contributed by atoms with Crippen molar-refractivity contribution < 1.29 is 14.3 Å². The number of carbonyl (C=O) groups excluding carboxylic acids is 1. The number of methoxy groups -OCH3 is 1. The van der Waals surface area contributed by atoms with Crippen molar-refractivity contribution in [1.82, 2.24) is 15.1 Å². The minimum absolute atomic E-state index is 0.132. The average molecular weight is 434 g/mol. The molecule has 1 N–H and O–H groups in total. The van der Waals surface area contributed by atoms with E-state index in [0.717, 1.165) is 42.7 Å². The van der Waals surface area contributed by atoms with Gasteiger partial charge in [0.15, 0.2) is 0 Å². The summed E-state index contributed by atoms with van der Waals surface area (Å²) in [5, 5.41) is 7.40. The van der Waals surface area contributed by atoms with Crippen LogP contribution in [0, 0.1) is 5.41 Å². The number of hydrogen-bond acceptors (Lipinski definition) is 4. The molecule has 0 atom stereocenters. The van der Waals surface area contributed by atoms with Crippen molar-refractivity contribution in [3.63, 3.8) is 0 Å². The Morgan fingerprint density at radius 3 is 2.66 bits per heavy atom. The van der Waals surface area contributed by atoms with E-state index in [0.29, 0.717) is 26.2 Å². The zero-order valence-corrected chi connectivity index (χ0v) is 18.6. The minimum atomic E-state index is -0.434. The van der Waals surface area contributed by atoms with Gasteiger partial charge in [-0.1, -0.05) is 36.4 Å². The second kappa shape index (κ2) is 10.5. The number of aromatic nitrogens is 2. The first-order valence-corrected chi connectivity index (χ1v) is 11.3. The number of nitrogens with one attached hydrogen (secondary N) is 1. The molecule has 3 aromatic rings. The van der Waals surface area contributed by atoms with E-state index in [1.807, 2.05) is 35.1 Å². The van der Waals surface area contributed by atoms with Crippen LogP contribution in [0.2, 0.25) is 0 Å². The van der Waals surface area contributed by atoms with Gasteiger partial charge in [0.25, 0.3) is 0 Å². The molecule has 2 aromatic carbocycles. The Kier molecular flexibility index (Phi) is 7.22. The fraction of sp³-hybridized carbons (Fsp3) is 0.385. The fourth-order valence-corrected chi connectivity index (χ4v) is 4.36. The van der Waals surface area contributed by atoms with Gasteiger partial charge in [0.05, 0.1) is 12.5 Å². The molecule has 0 spiro atoms. The molecular formula is C26H31N3O3. The zero-order valence-electron chi connectivity index (χ0n) is 18.6. The lowest BCUT2D eigenvalue weighted by Crippen LogP contribution is -2.46. The van der Waals surface area contributed by atoms with E-state index in [9.17, 15) is 4.79 Å². The number of aryl methyl sites for hydroxylation is 1. The van der Waals surface area contributed by atoms with Crippen molar-refractivity contribution in [2.45, 2.75) is 32.2 Å². The fourth-order valence-electron chi connectivity index (χ4n) is 4.36. The number of ether oxygens (including phenoxy) is 2. The van der Waals surface area contributed by atoms with Gasteiger partial charge in [-0.05, 0) is 60.6 Å². The van der Waals surface area contributed by atoms with Gasteiger partial charge in [0, 0.05) is 38.7 Å². The molecule has 2 heterocycles. The molecule has 1 amide bonds. The van der Waals surface area contributed by atoms with Gasteiger partial charge in [0.2, 0.25) is 5.91 Å². The van der Waals surface area contributed by atoms with Crippen molar-refractivity contribution in [3.8, 4) is 16.9 Å². The Labute approximate surface area is 189 Å². The van der Waals surface area contributed by atoms with Gasteiger partial charge in [0.1, 0.15) is 5.75 Å². The standard InChI is InChI=1S/C26H31N3O3/c1-31-24-9-3-8-23(19-24)22-7-2-6-21(18-22)20-26(10-16-32-17-11-26)25(30)27-12-4-14-29-15-5-13-28-29/h2-3,5-9,13,15,18-19H,4,10-12,14,16-17,20H2,1H3,(H,27,30). The summed E-state index contributed by atoms with van der Waals surface area (Å²) in [6.07, 6.45) is 6.75. The molecule has 1 aliphatic heterocycles. The molecule has 32 heavy (non-hydrogen) atoms. The third kappa shape index (κ3) is 5.37. The Morgan fingerprint density at radius 1 is 1.12 bits per heavy atom. The van der Waals surface area contributed by atoms with Gasteiger partial charge < -0.3 is 14.8 Å². The van der Waals surface area contributed by atoms with Crippen LogP contribution >= 0.6 is 0 Å². The molecule has 4 rings (SSSR count). The van der Waals surface area contributed by atoms with Crippen LogP contribution in [0.15, 0.2) is 67.0 Å². The Morgan fingerprint density at radius 2 is 1.91 bits per heavy atom. The summed E-state index contributed by atoms with van der Waals surface area (Å²) in [7, 11) is 1.68. The molecule has 6 heteroatoms. The summed E-state index contributed by atoms with van der Waals surface area (Å²) in [5.41, 5.74) is 2.97. The predicted molar refractivity (Wildman–Crippen MR) is 124 cm³/mol. The number of hydrogen-bond donors (Lipinski definition) is 1. The summed E-state index contributed by atoms with van der Waals surface area (Å²) < 4.78 is 12.9. The quantitative estimate of drug-likeness (QED) is 0.516. The lowest BCUT2D eigenvalue weighted by Gasteiger charge is -2.36. The number of benzene rings is 2. The van der Waals surface area contributed by atoms with Crippen molar-refractivity contribution in [2.24, 2.45) is 5.41 Å². The molecule has 0 saturated carbocycles. The summed E-state index contributed by atoms with van der Waals surface area (Å²) in [6, 6.07) is 18.5. The second-order valence-electron chi connectivity index (χ2n) is 8.38. The van der Waals surface area contributed by atoms with Crippen LogP contribution in [-0.4, -0.2) is 42.6 Å². The van der Waals surface area contributed by atoms with Gasteiger partial charge in [-0.25, -0.2) is 0 Å². The highest BCUT2D eigenvalue weighted by atomic mass is 16.5. The van der Waals surface area contributed by atoms with E-state index in [1.54, 1.807) is 13.3 Å². The van der Waals surface area contributed by atoms with Crippen LogP contribution in [0.5, 0.6) is 5.75 Å². The first kappa shape index (κ1) is 22.1. The summed E-state index contributed by atoms with van der Waals surface area (Å²) >= 11 is 0. The molecule has 0 bridgehead atoms. The monoisotopic (exact) mass is 433 g/mol. The maximum absolute atomic E-state index is 13.3. The lowest BCUT2D eigenvalue weighted by molar-refractivity contribution is -0.136. The van der Waals surface area contributed by atoms with Crippen LogP contribution in [0.1, 0.15) is 24.8 Å². The summed E-state index contributed by atoms with van der Waals surface area (Å²) in [4.78, 5) is 13.3. The topological polar surface area (TPSA) is 65.4 Å². The molecule has 1 aromatic heterocycles. The number of amides is 1. The largest absolute Gasteiger partial charge is 0.497 e. The van der Waals surface area contributed by atoms with Gasteiger partial charge in [-0.3, -0.25) is 9.48 Å². The molecule has 1 fully saturated rings. The van der Waals surface area contributed by atoms with Crippen LogP contribution in [0.25, 0.3) is 11.1 Å². The Hall–Kier alpha value is -3.12. The highest BCUT2D eigenvalue weighted by Gasteiger charge is 2.39. The van der Waals surface area contributed by atoms with E-state index < -0.39 is 5.41 Å². The summed E-state index contributed by atoms with van der Waals surface area (Å²) in [6.45, 7) is 2.68. The molecular weight excluding hydrogens is 402 g/mol. The SMILES string of the molecule is COc1cccc(-c2cccc(CC3(C(=O)NCCCn4cccn4)CCOCC3)c2)c1. The maximum atomic E-state index is 13.3. The third-order valence-corrected chi connectivity index (χ3v) is 6.21. The van der Waals surface area contributed by atoms with E-state index in [1.165, 1.54) is 5.56 Å². The molecule has 6 nitrogen and oxygen atoms in total. The minimum Gasteiger partial charge on any atom is -0.497 e. The van der Waals surface area contributed by atoms with E-state index >= 15 is 0 Å². The zero-order chi connectivity index (χ0) is 22.2. The van der Waals surface area contributed by atoms with Crippen molar-refractivity contribution in [2.75, 3.05) is 26.9 Å². The Bertz CT molecular complexity index is 1010. The smallest absolute Gasteiger partial charge is 0.226 e. The first-order chi connectivity index (χ1) is 15.7. The molecule has 168 valence electrons. The molecule has 0 radical (unpaired) electrons. The van der Waals surface area contributed by atoms with Crippen molar-refractivity contribution >= 4 is 5.91 Å². The number of nitrogens with zero attached hydrogens (tertiary/aromatic N) is 2. The van der Waals surface area contributed by atoms with Crippen molar-refractivity contribution in [3.05, 3.63) is 72.6 Å². The van der Waals surface area contributed by atoms with Crippen LogP contribution < -0.4 is 10.1 Å². The second-order valence-corrected chi connectivity index (χ2v) is 8.38. The van der Waals surface area contributed by atoms with Gasteiger partial charge in [-0.2, -0.15) is 5.10 Å². The highest BCUT2D eigenvalue weighted by Crippen LogP contribution is 2.36. The summed E-state index contributed by atoms with van der Waals surface area (Å²) in [5.74, 6) is 0.969. The average Bonchev–Trinajstić information content (AvgIpc) is 3.36. The Balaban J connectivity index is 1.45. The van der Waals surface area contributed by atoms with E-state index in [-0.39, 0.29) is 5.91 Å². The first-order valence-electron chi connectivity index (χ1n) is 11.3. The van der Waals surface area contributed by atoms with E-state index in [4.69, 9.17) is 9.47 Å². The number of rotatable bonds is 9. The normalized spacial score (nSPS) is 15.3. The van der Waals surface area contributed by atoms with Gasteiger partial charge in [-0.15, -0.1) is 0 Å². The lowest BCUT2D eigenvalue weighted by atomic mass is 9.74. The number of carbonyl (C=O) groups is 1. The van der Waals surface area contributed by atoms with Gasteiger partial charge >= 0.3 is 0 Å². The highest BCUT2D eigenvalue weighted by molar-refractivity contribution is 5.83. The molecule has 1 saturated heterocycles. The molecule has 0 unspecified atom stereocenters. The predicted octanol–water partition coefficient (Wildman–Crippen LogP) is 4.10. The van der Waals surface area contributed by atoms with Crippen molar-refractivity contribution in [1.29, 1.82) is 0 Å².